The Kier molecular flexibility index (Phi) is 5.62. The van der Waals surface area contributed by atoms with Gasteiger partial charge in [0, 0.05) is 11.5 Å². The van der Waals surface area contributed by atoms with Crippen LogP contribution in [0.2, 0.25) is 0 Å². The number of nitrogens with zero attached hydrogens (tertiary/aromatic N) is 1. The molecule has 0 aliphatic heterocycles. The molecular formula is C16H16BrNO2. The minimum atomic E-state index is 0.422. The van der Waals surface area contributed by atoms with Crippen LogP contribution >= 0.6 is 15.9 Å². The second-order valence-corrected chi connectivity index (χ2v) is 4.63. The number of aliphatic imine (C=N–C) groups is 1. The van der Waals surface area contributed by atoms with Crippen molar-refractivity contribution in [1.29, 1.82) is 0 Å². The normalized spacial score (nSPS) is 10.7. The molecular weight excluding hydrogens is 318 g/mol. The Hall–Kier alpha value is -1.81. The summed E-state index contributed by atoms with van der Waals surface area (Å²) in [6, 6.07) is 15.6. The topological polar surface area (TPSA) is 30.8 Å². The largest absolute Gasteiger partial charge is 0.494 e. The maximum atomic E-state index is 5.60. The van der Waals surface area contributed by atoms with E-state index in [1.165, 1.54) is 5.56 Å². The number of para-hydroxylation sites is 2. The lowest BCUT2D eigenvalue weighted by molar-refractivity contribution is 0.380. The number of rotatable bonds is 6. The smallest absolute Gasteiger partial charge is 0.144 e. The van der Waals surface area contributed by atoms with E-state index in [0.717, 1.165) is 22.5 Å². The predicted molar refractivity (Wildman–Crippen MR) is 85.7 cm³/mol. The van der Waals surface area contributed by atoms with Crippen LogP contribution in [0.25, 0.3) is 0 Å². The summed E-state index contributed by atoms with van der Waals surface area (Å²) in [6.45, 7) is 0.422. The zero-order chi connectivity index (χ0) is 14.2. The van der Waals surface area contributed by atoms with Gasteiger partial charge in [0.05, 0.1) is 7.11 Å². The van der Waals surface area contributed by atoms with E-state index in [1.54, 1.807) is 13.3 Å². The van der Waals surface area contributed by atoms with Crippen LogP contribution in [0.1, 0.15) is 5.56 Å². The first kappa shape index (κ1) is 14.6. The third-order valence-corrected chi connectivity index (χ3v) is 3.37. The highest BCUT2D eigenvalue weighted by Gasteiger charge is 1.97. The average molecular weight is 334 g/mol. The molecule has 104 valence electrons. The molecule has 0 saturated carbocycles. The van der Waals surface area contributed by atoms with E-state index in [0.29, 0.717) is 6.61 Å². The van der Waals surface area contributed by atoms with Gasteiger partial charge in [0.25, 0.3) is 0 Å². The Balaban J connectivity index is 1.90. The minimum Gasteiger partial charge on any atom is -0.494 e. The molecule has 20 heavy (non-hydrogen) atoms. The van der Waals surface area contributed by atoms with Gasteiger partial charge in [0.2, 0.25) is 0 Å². The number of methoxy groups -OCH3 is 1. The number of halogens is 1. The third kappa shape index (κ3) is 4.10. The number of hydrogen-bond donors (Lipinski definition) is 0. The fourth-order valence-corrected chi connectivity index (χ4v) is 2.05. The first-order valence-electron chi connectivity index (χ1n) is 6.26. The van der Waals surface area contributed by atoms with Gasteiger partial charge in [-0.05, 0) is 29.8 Å². The van der Waals surface area contributed by atoms with E-state index in [1.807, 2.05) is 48.5 Å². The zero-order valence-corrected chi connectivity index (χ0v) is 12.8. The van der Waals surface area contributed by atoms with Gasteiger partial charge in [-0.15, -0.1) is 0 Å². The molecule has 0 aromatic heterocycles. The Labute approximate surface area is 127 Å². The average Bonchev–Trinajstić information content (AvgIpc) is 2.52. The summed E-state index contributed by atoms with van der Waals surface area (Å²) in [7, 11) is 1.64. The van der Waals surface area contributed by atoms with Gasteiger partial charge in [0.15, 0.2) is 0 Å². The van der Waals surface area contributed by atoms with Crippen molar-refractivity contribution in [3.63, 3.8) is 0 Å². The Morgan fingerprint density at radius 3 is 2.55 bits per heavy atom. The molecule has 2 aromatic carbocycles. The molecule has 0 heterocycles. The summed E-state index contributed by atoms with van der Waals surface area (Å²) in [6.07, 6.45) is 1.73. The van der Waals surface area contributed by atoms with Crippen LogP contribution in [0.15, 0.2) is 53.5 Å². The molecule has 0 atom stereocenters. The summed E-state index contributed by atoms with van der Waals surface area (Å²) < 4.78 is 10.8. The van der Waals surface area contributed by atoms with Crippen molar-refractivity contribution in [3.8, 4) is 11.5 Å². The number of ether oxygens (including phenoxy) is 2. The molecule has 0 aliphatic carbocycles. The first-order chi connectivity index (χ1) is 9.83. The van der Waals surface area contributed by atoms with Gasteiger partial charge in [-0.3, -0.25) is 4.99 Å². The summed E-state index contributed by atoms with van der Waals surface area (Å²) in [4.78, 5) is 4.34. The molecule has 0 radical (unpaired) electrons. The van der Waals surface area contributed by atoms with E-state index < -0.39 is 0 Å². The molecule has 0 bridgehead atoms. The molecule has 0 saturated heterocycles. The fourth-order valence-electron chi connectivity index (χ4n) is 1.68. The van der Waals surface area contributed by atoms with E-state index in [-0.39, 0.29) is 0 Å². The van der Waals surface area contributed by atoms with E-state index in [4.69, 9.17) is 9.47 Å². The van der Waals surface area contributed by atoms with E-state index in [2.05, 4.69) is 20.9 Å². The van der Waals surface area contributed by atoms with Crippen molar-refractivity contribution >= 4 is 27.8 Å². The van der Waals surface area contributed by atoms with Crippen LogP contribution in [0, 0.1) is 0 Å². The zero-order valence-electron chi connectivity index (χ0n) is 11.3. The van der Waals surface area contributed by atoms with Gasteiger partial charge in [-0.2, -0.15) is 0 Å². The molecule has 0 amide bonds. The maximum absolute atomic E-state index is 5.60. The van der Waals surface area contributed by atoms with Crippen LogP contribution in [0.3, 0.4) is 0 Å². The van der Waals surface area contributed by atoms with Crippen LogP contribution < -0.4 is 9.47 Å². The highest BCUT2D eigenvalue weighted by molar-refractivity contribution is 9.08. The minimum absolute atomic E-state index is 0.422. The predicted octanol–water partition coefficient (Wildman–Crippen LogP) is 4.37. The second-order valence-electron chi connectivity index (χ2n) is 4.07. The molecule has 4 heteroatoms. The summed E-state index contributed by atoms with van der Waals surface area (Å²) >= 11 is 3.41. The number of benzene rings is 2. The Bertz CT molecular complexity index is 567. The number of alkyl halides is 1. The van der Waals surface area contributed by atoms with Gasteiger partial charge < -0.3 is 9.47 Å². The molecule has 2 aromatic rings. The number of hydrogen-bond acceptors (Lipinski definition) is 3. The molecule has 0 spiro atoms. The molecule has 3 nitrogen and oxygen atoms in total. The second kappa shape index (κ2) is 7.70. The van der Waals surface area contributed by atoms with Gasteiger partial charge >= 0.3 is 0 Å². The quantitative estimate of drug-likeness (QED) is 0.580. The van der Waals surface area contributed by atoms with E-state index >= 15 is 0 Å². The van der Waals surface area contributed by atoms with Crippen LogP contribution in [0.5, 0.6) is 11.5 Å². The van der Waals surface area contributed by atoms with E-state index in [9.17, 15) is 0 Å². The monoisotopic (exact) mass is 333 g/mol. The summed E-state index contributed by atoms with van der Waals surface area (Å²) in [5.41, 5.74) is 2.02. The fraction of sp³-hybridized carbons (Fsp3) is 0.188. The van der Waals surface area contributed by atoms with Crippen LogP contribution in [-0.4, -0.2) is 19.9 Å². The van der Waals surface area contributed by atoms with Crippen molar-refractivity contribution in [3.05, 3.63) is 54.1 Å². The van der Waals surface area contributed by atoms with Crippen LogP contribution in [0.4, 0.5) is 5.69 Å². The molecule has 0 N–H and O–H groups in total. The Morgan fingerprint density at radius 2 is 1.85 bits per heavy atom. The lowest BCUT2D eigenvalue weighted by Gasteiger charge is -2.04. The highest BCUT2D eigenvalue weighted by Crippen LogP contribution is 2.25. The molecule has 0 unspecified atom stereocenters. The molecule has 0 aliphatic rings. The van der Waals surface area contributed by atoms with Crippen LogP contribution in [-0.2, 0) is 5.33 Å². The lowest BCUT2D eigenvalue weighted by atomic mass is 10.2. The van der Waals surface area contributed by atoms with Crippen molar-refractivity contribution < 1.29 is 9.47 Å². The lowest BCUT2D eigenvalue weighted by Crippen LogP contribution is -1.98. The van der Waals surface area contributed by atoms with Crippen molar-refractivity contribution in [2.45, 2.75) is 5.33 Å². The van der Waals surface area contributed by atoms with Crippen molar-refractivity contribution in [2.75, 3.05) is 13.7 Å². The molecule has 2 rings (SSSR count). The van der Waals surface area contributed by atoms with Gasteiger partial charge in [0.1, 0.15) is 23.8 Å². The van der Waals surface area contributed by atoms with Gasteiger partial charge in [-0.25, -0.2) is 0 Å². The van der Waals surface area contributed by atoms with Crippen molar-refractivity contribution in [1.82, 2.24) is 0 Å². The highest BCUT2D eigenvalue weighted by atomic mass is 79.9. The SMILES string of the molecule is COc1ccccc1/N=C\COc1ccc(CBr)cc1. The summed E-state index contributed by atoms with van der Waals surface area (Å²) in [5.74, 6) is 1.59. The molecule has 0 fully saturated rings. The van der Waals surface area contributed by atoms with Gasteiger partial charge in [-0.1, -0.05) is 40.2 Å². The maximum Gasteiger partial charge on any atom is 0.144 e. The van der Waals surface area contributed by atoms with Crippen molar-refractivity contribution in [2.24, 2.45) is 4.99 Å². The summed E-state index contributed by atoms with van der Waals surface area (Å²) in [5, 5.41) is 0.850. The standard InChI is InChI=1S/C16H16BrNO2/c1-19-16-5-3-2-4-15(16)18-10-11-20-14-8-6-13(12-17)7-9-14/h2-10H,11-12H2,1H3/b18-10-. The Morgan fingerprint density at radius 1 is 1.10 bits per heavy atom. The first-order valence-corrected chi connectivity index (χ1v) is 7.39. The third-order valence-electron chi connectivity index (χ3n) is 2.72.